The van der Waals surface area contributed by atoms with E-state index in [-0.39, 0.29) is 23.4 Å². The predicted molar refractivity (Wildman–Crippen MR) is 110 cm³/mol. The molecule has 2 heterocycles. The molecule has 0 radical (unpaired) electrons. The molecule has 0 N–H and O–H groups in total. The Morgan fingerprint density at radius 2 is 1.74 bits per heavy atom. The van der Waals surface area contributed by atoms with Gasteiger partial charge in [0.1, 0.15) is 5.57 Å². The normalized spacial score (nSPS) is 15.4. The van der Waals surface area contributed by atoms with E-state index in [1.807, 2.05) is 13.8 Å². The van der Waals surface area contributed by atoms with Crippen LogP contribution in [0.15, 0.2) is 29.2 Å². The Balaban J connectivity index is 2.22. The fourth-order valence-corrected chi connectivity index (χ4v) is 3.93. The number of hydrogen-bond donors (Lipinski definition) is 0. The molecule has 1 aliphatic rings. The quantitative estimate of drug-likeness (QED) is 0.698. The van der Waals surface area contributed by atoms with Crippen molar-refractivity contribution in [2.24, 2.45) is 14.1 Å². The van der Waals surface area contributed by atoms with Gasteiger partial charge in [-0.05, 0) is 32.0 Å². The van der Waals surface area contributed by atoms with Gasteiger partial charge in [0.2, 0.25) is 0 Å². The number of benzene rings is 1. The van der Waals surface area contributed by atoms with Crippen molar-refractivity contribution >= 4 is 17.4 Å². The Morgan fingerprint density at radius 1 is 1.10 bits per heavy atom. The second-order valence-corrected chi connectivity index (χ2v) is 8.54. The molecule has 1 aliphatic heterocycles. The molecular weight excluding hydrogens is 408 g/mol. The summed E-state index contributed by atoms with van der Waals surface area (Å²) >= 11 is 0. The van der Waals surface area contributed by atoms with Crippen molar-refractivity contribution in [2.45, 2.75) is 39.2 Å². The van der Waals surface area contributed by atoms with Crippen LogP contribution in [0.1, 0.15) is 49.4 Å². The number of imidazole rings is 1. The highest BCUT2D eigenvalue weighted by Gasteiger charge is 2.39. The molecule has 1 aromatic heterocycles. The molecule has 0 spiro atoms. The first-order valence-electron chi connectivity index (χ1n) is 9.80. The van der Waals surface area contributed by atoms with Crippen molar-refractivity contribution < 1.29 is 23.1 Å². The number of ether oxygens (including phenoxy) is 1. The number of carbonyl (C=O) groups is 2. The molecule has 0 bridgehead atoms. The van der Waals surface area contributed by atoms with E-state index >= 15 is 0 Å². The number of hydrogen-bond acceptors (Lipinski definition) is 4. The summed E-state index contributed by atoms with van der Waals surface area (Å²) < 4.78 is 35.2. The van der Waals surface area contributed by atoms with E-state index in [9.17, 15) is 23.2 Å². The fourth-order valence-electron chi connectivity index (χ4n) is 3.93. The van der Waals surface area contributed by atoms with Crippen LogP contribution < -0.4 is 5.69 Å². The summed E-state index contributed by atoms with van der Waals surface area (Å²) in [6.07, 6.45) is 0.894. The Hall–Kier alpha value is -3.23. The minimum absolute atomic E-state index is 0.0328. The van der Waals surface area contributed by atoms with E-state index in [0.29, 0.717) is 11.4 Å². The maximum absolute atomic E-state index is 13.7. The van der Waals surface area contributed by atoms with Gasteiger partial charge in [0.15, 0.2) is 11.6 Å². The number of halogens is 2. The summed E-state index contributed by atoms with van der Waals surface area (Å²) in [5, 5.41) is 0. The molecule has 0 aliphatic carbocycles. The number of aromatic nitrogens is 2. The Labute approximate surface area is 178 Å². The van der Waals surface area contributed by atoms with E-state index in [2.05, 4.69) is 0 Å². The first-order valence-corrected chi connectivity index (χ1v) is 9.80. The monoisotopic (exact) mass is 433 g/mol. The Morgan fingerprint density at radius 3 is 2.32 bits per heavy atom. The van der Waals surface area contributed by atoms with Gasteiger partial charge in [0.05, 0.1) is 17.5 Å². The second-order valence-electron chi connectivity index (χ2n) is 8.54. The lowest BCUT2D eigenvalue weighted by Gasteiger charge is -2.29. The van der Waals surface area contributed by atoms with Gasteiger partial charge in [-0.1, -0.05) is 13.8 Å². The molecule has 0 unspecified atom stereocenters. The highest BCUT2D eigenvalue weighted by atomic mass is 19.2. The molecule has 0 atom stereocenters. The summed E-state index contributed by atoms with van der Waals surface area (Å²) in [5.74, 6) is -3.52. The van der Waals surface area contributed by atoms with Crippen molar-refractivity contribution in [3.05, 3.63) is 63.5 Å². The zero-order valence-corrected chi connectivity index (χ0v) is 18.3. The molecule has 31 heavy (non-hydrogen) atoms. The smallest absolute Gasteiger partial charge is 0.342 e. The molecule has 7 nitrogen and oxygen atoms in total. The van der Waals surface area contributed by atoms with Gasteiger partial charge in [-0.2, -0.15) is 0 Å². The fraction of sp³-hybridized carbons (Fsp3) is 0.409. The lowest BCUT2D eigenvalue weighted by Crippen LogP contribution is -2.38. The summed E-state index contributed by atoms with van der Waals surface area (Å²) in [5.41, 5.74) is -0.194. The van der Waals surface area contributed by atoms with Gasteiger partial charge in [-0.25, -0.2) is 18.4 Å². The van der Waals surface area contributed by atoms with Crippen molar-refractivity contribution in [1.82, 2.24) is 14.0 Å². The van der Waals surface area contributed by atoms with Crippen molar-refractivity contribution in [1.29, 1.82) is 0 Å². The second kappa shape index (κ2) is 7.79. The average Bonchev–Trinajstić information content (AvgIpc) is 2.82. The highest BCUT2D eigenvalue weighted by Crippen LogP contribution is 2.35. The maximum Gasteiger partial charge on any atom is 0.342 e. The number of amides is 1. The number of fused-ring (bicyclic) bond motifs is 1. The predicted octanol–water partition coefficient (Wildman–Crippen LogP) is 2.73. The first-order chi connectivity index (χ1) is 14.3. The third-order valence-electron chi connectivity index (χ3n) is 5.21. The minimum atomic E-state index is -1.14. The molecule has 1 aromatic carbocycles. The maximum atomic E-state index is 13.7. The summed E-state index contributed by atoms with van der Waals surface area (Å²) in [6.45, 7) is 7.14. The summed E-state index contributed by atoms with van der Waals surface area (Å²) in [7, 11) is 3.14. The minimum Gasteiger partial charge on any atom is -0.459 e. The molecule has 0 saturated heterocycles. The summed E-state index contributed by atoms with van der Waals surface area (Å²) in [6, 6.07) is 2.88. The van der Waals surface area contributed by atoms with Crippen molar-refractivity contribution in [3.63, 3.8) is 0 Å². The Kier molecular flexibility index (Phi) is 5.64. The number of carbonyl (C=O) groups excluding carboxylic acids is 2. The first kappa shape index (κ1) is 22.5. The highest BCUT2D eigenvalue weighted by molar-refractivity contribution is 6.17. The van der Waals surface area contributed by atoms with Crippen molar-refractivity contribution in [2.75, 3.05) is 6.54 Å². The van der Waals surface area contributed by atoms with Crippen LogP contribution in [0.4, 0.5) is 8.78 Å². The van der Waals surface area contributed by atoms with Gasteiger partial charge in [-0.15, -0.1) is 0 Å². The van der Waals surface area contributed by atoms with Crippen molar-refractivity contribution in [3.8, 4) is 0 Å². The molecule has 9 heteroatoms. The van der Waals surface area contributed by atoms with Gasteiger partial charge >= 0.3 is 11.7 Å². The van der Waals surface area contributed by atoms with E-state index in [4.69, 9.17) is 4.74 Å². The number of esters is 1. The van der Waals surface area contributed by atoms with Crippen LogP contribution in [0.5, 0.6) is 0 Å². The zero-order valence-electron chi connectivity index (χ0n) is 18.3. The van der Waals surface area contributed by atoms with Crippen LogP contribution in [0, 0.1) is 11.6 Å². The molecular formula is C22H25F2N3O4. The zero-order chi connectivity index (χ0) is 23.2. The molecule has 2 aromatic rings. The van der Waals surface area contributed by atoms with E-state index in [1.165, 1.54) is 26.3 Å². The molecule has 3 rings (SSSR count). The van der Waals surface area contributed by atoms with Crippen LogP contribution >= 0.6 is 0 Å². The van der Waals surface area contributed by atoms with E-state index in [0.717, 1.165) is 12.1 Å². The van der Waals surface area contributed by atoms with Crippen LogP contribution in [-0.4, -0.2) is 38.6 Å². The Bertz CT molecular complexity index is 1160. The summed E-state index contributed by atoms with van der Waals surface area (Å²) in [4.78, 5) is 40.0. The van der Waals surface area contributed by atoms with E-state index in [1.54, 1.807) is 27.9 Å². The molecule has 0 fully saturated rings. The molecule has 1 amide bonds. The molecule has 0 saturated carbocycles. The van der Waals surface area contributed by atoms with Crippen LogP contribution in [0.2, 0.25) is 0 Å². The van der Waals surface area contributed by atoms with Gasteiger partial charge in [0, 0.05) is 37.8 Å². The van der Waals surface area contributed by atoms with Crippen LogP contribution in [0.25, 0.3) is 5.57 Å². The average molecular weight is 433 g/mol. The van der Waals surface area contributed by atoms with Gasteiger partial charge in [0.25, 0.3) is 5.91 Å². The number of rotatable bonds is 3. The third-order valence-corrected chi connectivity index (χ3v) is 5.21. The van der Waals surface area contributed by atoms with Gasteiger partial charge in [-0.3, -0.25) is 13.9 Å². The van der Waals surface area contributed by atoms with E-state index < -0.39 is 35.0 Å². The van der Waals surface area contributed by atoms with Gasteiger partial charge < -0.3 is 9.64 Å². The number of nitrogens with zero attached hydrogens (tertiary/aromatic N) is 3. The third kappa shape index (κ3) is 3.92. The van der Waals surface area contributed by atoms with Crippen LogP contribution in [0.3, 0.4) is 0 Å². The SMILES string of the molecule is CC(C)OC(=O)C1=CN(C(=O)c2ccc(F)c(F)c2)CC(C)(C)c2c1n(C)c(=O)n2C. The molecule has 166 valence electrons. The van der Waals surface area contributed by atoms with Crippen LogP contribution in [-0.2, 0) is 29.0 Å². The lowest BCUT2D eigenvalue weighted by molar-refractivity contribution is -0.140. The lowest BCUT2D eigenvalue weighted by atomic mass is 9.86. The topological polar surface area (TPSA) is 73.5 Å². The standard InChI is InChI=1S/C22H25F2N3O4/c1-12(2)31-20(29)14-10-27(19(28)13-7-8-15(23)16(24)9-13)11-22(3,4)18-17(14)25(5)21(30)26(18)6/h7-10,12H,11H2,1-6H3. The largest absolute Gasteiger partial charge is 0.459 e.